The summed E-state index contributed by atoms with van der Waals surface area (Å²) in [5.41, 5.74) is 3.70. The SMILES string of the molecule is CCCN1C(=O)C2CC=C3C(CC4C(=O)N(Nc5ccc(F)cc5)C(=O)C4(c4ccc(Cl)cc4)C3c3cc(I)c(O)c(OC)c3)C2C1=O. The Morgan fingerprint density at radius 1 is 1.02 bits per heavy atom. The van der Waals surface area contributed by atoms with Crippen molar-refractivity contribution in [3.8, 4) is 11.5 Å². The van der Waals surface area contributed by atoms with E-state index in [0.717, 1.165) is 10.6 Å². The van der Waals surface area contributed by atoms with Crippen LogP contribution in [0.5, 0.6) is 11.5 Å². The molecule has 6 unspecified atom stereocenters. The van der Waals surface area contributed by atoms with Gasteiger partial charge in [-0.15, -0.1) is 0 Å². The van der Waals surface area contributed by atoms with E-state index >= 15 is 4.79 Å². The van der Waals surface area contributed by atoms with Gasteiger partial charge in [-0.1, -0.05) is 42.3 Å². The summed E-state index contributed by atoms with van der Waals surface area (Å²) in [4.78, 5) is 58.7. The molecule has 2 heterocycles. The highest BCUT2D eigenvalue weighted by atomic mass is 127. The first kappa shape index (κ1) is 32.6. The van der Waals surface area contributed by atoms with Gasteiger partial charge in [-0.05, 0) is 107 Å². The lowest BCUT2D eigenvalue weighted by Gasteiger charge is -2.50. The van der Waals surface area contributed by atoms with Crippen LogP contribution in [-0.4, -0.2) is 52.3 Å². The Morgan fingerprint density at radius 2 is 1.73 bits per heavy atom. The fraction of sp³-hybridized carbons (Fsp3) is 0.333. The summed E-state index contributed by atoms with van der Waals surface area (Å²) in [7, 11) is 1.44. The predicted octanol–water partition coefficient (Wildman–Crippen LogP) is 6.19. The number of ether oxygens (including phenoxy) is 1. The number of hydrogen-bond acceptors (Lipinski definition) is 7. The molecule has 3 aromatic rings. The Kier molecular flexibility index (Phi) is 8.26. The zero-order chi connectivity index (χ0) is 34.1. The average Bonchev–Trinajstić information content (AvgIpc) is 3.44. The lowest BCUT2D eigenvalue weighted by Crippen LogP contribution is -2.53. The summed E-state index contributed by atoms with van der Waals surface area (Å²) < 4.78 is 19.8. The van der Waals surface area contributed by atoms with Gasteiger partial charge >= 0.3 is 0 Å². The van der Waals surface area contributed by atoms with Gasteiger partial charge in [-0.2, -0.15) is 5.01 Å². The first-order chi connectivity index (χ1) is 23.0. The van der Waals surface area contributed by atoms with E-state index in [1.807, 2.05) is 35.6 Å². The number of likely N-dealkylation sites (tertiary alicyclic amines) is 1. The standard InChI is InChI=1S/C36H32ClFIN3O6/c1-3-14-41-32(44)24-13-12-23-25(29(24)34(41)46)17-26-33(45)42(40-22-10-8-21(38)9-11-22)35(47)36(26,19-4-6-20(37)7-5-19)30(23)18-15-27(39)31(43)28(16-18)48-2/h4-12,15-16,24-26,29-30,40,43H,3,13-14,17H2,1-2H3. The molecule has 248 valence electrons. The third-order valence-electron chi connectivity index (χ3n) is 10.4. The Hall–Kier alpha value is -3.97. The molecule has 6 atom stereocenters. The first-order valence-corrected chi connectivity index (χ1v) is 17.3. The van der Waals surface area contributed by atoms with Crippen molar-refractivity contribution < 1.29 is 33.4 Å². The summed E-state index contributed by atoms with van der Waals surface area (Å²) in [6, 6.07) is 15.6. The van der Waals surface area contributed by atoms with E-state index in [-0.39, 0.29) is 29.7 Å². The van der Waals surface area contributed by atoms with Gasteiger partial charge in [0.2, 0.25) is 11.8 Å². The number of hydrazine groups is 1. The molecule has 0 spiro atoms. The van der Waals surface area contributed by atoms with Crippen LogP contribution in [0.4, 0.5) is 10.1 Å². The number of hydrogen-bond donors (Lipinski definition) is 2. The van der Waals surface area contributed by atoms with Gasteiger partial charge in [0.25, 0.3) is 11.8 Å². The van der Waals surface area contributed by atoms with E-state index in [4.69, 9.17) is 16.3 Å². The molecule has 4 amide bonds. The lowest BCUT2D eigenvalue weighted by atomic mass is 9.49. The Morgan fingerprint density at radius 3 is 2.40 bits per heavy atom. The highest BCUT2D eigenvalue weighted by Gasteiger charge is 2.70. The third-order valence-corrected chi connectivity index (χ3v) is 11.5. The van der Waals surface area contributed by atoms with Crippen molar-refractivity contribution in [2.75, 3.05) is 19.1 Å². The minimum absolute atomic E-state index is 0.0656. The van der Waals surface area contributed by atoms with Crippen LogP contribution in [0.3, 0.4) is 0 Å². The van der Waals surface area contributed by atoms with Crippen LogP contribution in [0.2, 0.25) is 5.02 Å². The van der Waals surface area contributed by atoms with Crippen LogP contribution < -0.4 is 10.2 Å². The molecule has 3 aromatic carbocycles. The zero-order valence-electron chi connectivity index (χ0n) is 26.1. The molecule has 9 nitrogen and oxygen atoms in total. The molecule has 2 aliphatic heterocycles. The van der Waals surface area contributed by atoms with Crippen molar-refractivity contribution >= 4 is 63.5 Å². The third kappa shape index (κ3) is 4.75. The second-order valence-corrected chi connectivity index (χ2v) is 14.4. The number of carbonyl (C=O) groups is 4. The molecule has 0 radical (unpaired) electrons. The molecule has 3 fully saturated rings. The van der Waals surface area contributed by atoms with Crippen LogP contribution in [0.25, 0.3) is 0 Å². The van der Waals surface area contributed by atoms with Crippen molar-refractivity contribution in [3.05, 3.63) is 97.8 Å². The molecule has 48 heavy (non-hydrogen) atoms. The maximum atomic E-state index is 15.2. The van der Waals surface area contributed by atoms with Crippen molar-refractivity contribution in [3.63, 3.8) is 0 Å². The van der Waals surface area contributed by atoms with E-state index in [1.54, 1.807) is 36.4 Å². The number of aromatic hydroxyl groups is 1. The lowest BCUT2D eigenvalue weighted by molar-refractivity contribution is -0.141. The number of carbonyl (C=O) groups excluding carboxylic acids is 4. The summed E-state index contributed by atoms with van der Waals surface area (Å²) in [6.45, 7) is 2.23. The summed E-state index contributed by atoms with van der Waals surface area (Å²) in [5, 5.41) is 12.3. The topological polar surface area (TPSA) is 116 Å². The average molecular weight is 784 g/mol. The number of methoxy groups -OCH3 is 1. The van der Waals surface area contributed by atoms with Gasteiger partial charge < -0.3 is 9.84 Å². The molecule has 4 aliphatic rings. The first-order valence-electron chi connectivity index (χ1n) is 15.8. The molecule has 12 heteroatoms. The molecular weight excluding hydrogens is 752 g/mol. The number of phenols is 1. The smallest absolute Gasteiger partial charge is 0.260 e. The largest absolute Gasteiger partial charge is 0.504 e. The number of fused-ring (bicyclic) bond motifs is 4. The van der Waals surface area contributed by atoms with Crippen molar-refractivity contribution in [1.82, 2.24) is 9.91 Å². The molecular formula is C36H32ClFIN3O6. The van der Waals surface area contributed by atoms with Crippen molar-refractivity contribution in [2.45, 2.75) is 37.5 Å². The highest BCUT2D eigenvalue weighted by Crippen LogP contribution is 2.64. The van der Waals surface area contributed by atoms with E-state index in [0.29, 0.717) is 44.8 Å². The normalized spacial score (nSPS) is 27.9. The number of allylic oxidation sites excluding steroid dienone is 2. The highest BCUT2D eigenvalue weighted by molar-refractivity contribution is 14.1. The summed E-state index contributed by atoms with van der Waals surface area (Å²) >= 11 is 8.34. The molecule has 0 aromatic heterocycles. The number of phenolic OH excluding ortho intramolecular Hbond substituents is 1. The summed E-state index contributed by atoms with van der Waals surface area (Å²) in [5.74, 6) is -5.37. The Bertz CT molecular complexity index is 1890. The fourth-order valence-electron chi connectivity index (χ4n) is 8.46. The van der Waals surface area contributed by atoms with E-state index in [1.165, 1.54) is 36.3 Å². The second kappa shape index (κ2) is 12.2. The number of halogens is 3. The molecule has 7 rings (SSSR count). The van der Waals surface area contributed by atoms with Gasteiger partial charge in [-0.3, -0.25) is 29.5 Å². The molecule has 2 saturated heterocycles. The van der Waals surface area contributed by atoms with E-state index in [2.05, 4.69) is 5.43 Å². The van der Waals surface area contributed by atoms with Crippen molar-refractivity contribution in [1.29, 1.82) is 0 Å². The monoisotopic (exact) mass is 783 g/mol. The Balaban J connectivity index is 1.48. The molecule has 1 saturated carbocycles. The van der Waals surface area contributed by atoms with Crippen LogP contribution in [0.15, 0.2) is 72.3 Å². The zero-order valence-corrected chi connectivity index (χ0v) is 29.0. The van der Waals surface area contributed by atoms with Gasteiger partial charge in [0.15, 0.2) is 11.5 Å². The van der Waals surface area contributed by atoms with Gasteiger partial charge in [0, 0.05) is 17.5 Å². The van der Waals surface area contributed by atoms with Gasteiger partial charge in [0.05, 0.1) is 39.5 Å². The maximum absolute atomic E-state index is 15.2. The fourth-order valence-corrected chi connectivity index (χ4v) is 9.21. The molecule has 2 N–H and O–H groups in total. The molecule has 0 bridgehead atoms. The minimum Gasteiger partial charge on any atom is -0.504 e. The Labute approximate surface area is 295 Å². The van der Waals surface area contributed by atoms with Crippen molar-refractivity contribution in [2.24, 2.45) is 23.7 Å². The quantitative estimate of drug-likeness (QED) is 0.167. The van der Waals surface area contributed by atoms with Crippen LogP contribution >= 0.6 is 34.2 Å². The number of amides is 4. The molecule has 2 aliphatic carbocycles. The maximum Gasteiger partial charge on any atom is 0.260 e. The summed E-state index contributed by atoms with van der Waals surface area (Å²) in [6.07, 6.45) is 3.05. The van der Waals surface area contributed by atoms with E-state index in [9.17, 15) is 23.9 Å². The predicted molar refractivity (Wildman–Crippen MR) is 183 cm³/mol. The number of nitrogens with zero attached hydrogens (tertiary/aromatic N) is 2. The van der Waals surface area contributed by atoms with Crippen LogP contribution in [0, 0.1) is 33.1 Å². The number of benzene rings is 3. The van der Waals surface area contributed by atoms with Crippen LogP contribution in [0.1, 0.15) is 43.2 Å². The minimum atomic E-state index is -1.52. The number of imide groups is 2. The number of rotatable bonds is 7. The number of anilines is 1. The second-order valence-electron chi connectivity index (χ2n) is 12.8. The van der Waals surface area contributed by atoms with Crippen LogP contribution in [-0.2, 0) is 24.6 Å². The van der Waals surface area contributed by atoms with Gasteiger partial charge in [0.1, 0.15) is 5.82 Å². The van der Waals surface area contributed by atoms with E-state index < -0.39 is 52.6 Å². The number of nitrogens with one attached hydrogen (secondary N) is 1. The van der Waals surface area contributed by atoms with Gasteiger partial charge in [-0.25, -0.2) is 4.39 Å².